The SMILES string of the molecule is COc1ccccc1NC(=O)CCNC(=O)c1oc2cc(C)ccc2c1C. The molecule has 3 rings (SSSR count). The van der Waals surface area contributed by atoms with Crippen LogP contribution in [0.15, 0.2) is 46.9 Å². The third-order valence-electron chi connectivity index (χ3n) is 4.32. The summed E-state index contributed by atoms with van der Waals surface area (Å²) in [5, 5.41) is 6.43. The van der Waals surface area contributed by atoms with Crippen molar-refractivity contribution in [3.8, 4) is 5.75 Å². The van der Waals surface area contributed by atoms with Crippen molar-refractivity contribution in [1.29, 1.82) is 0 Å². The van der Waals surface area contributed by atoms with Gasteiger partial charge in [0.25, 0.3) is 5.91 Å². The van der Waals surface area contributed by atoms with Gasteiger partial charge in [-0.25, -0.2) is 0 Å². The van der Waals surface area contributed by atoms with Crippen LogP contribution >= 0.6 is 0 Å². The lowest BCUT2D eigenvalue weighted by molar-refractivity contribution is -0.116. The van der Waals surface area contributed by atoms with E-state index in [-0.39, 0.29) is 30.5 Å². The fourth-order valence-electron chi connectivity index (χ4n) is 2.88. The molecule has 140 valence electrons. The van der Waals surface area contributed by atoms with Crippen molar-refractivity contribution in [2.24, 2.45) is 0 Å². The lowest BCUT2D eigenvalue weighted by Gasteiger charge is -2.10. The first kappa shape index (κ1) is 18.5. The van der Waals surface area contributed by atoms with Gasteiger partial charge < -0.3 is 19.8 Å². The van der Waals surface area contributed by atoms with E-state index in [4.69, 9.17) is 9.15 Å². The molecule has 6 heteroatoms. The molecule has 0 saturated heterocycles. The van der Waals surface area contributed by atoms with E-state index in [0.717, 1.165) is 16.5 Å². The van der Waals surface area contributed by atoms with Gasteiger partial charge in [-0.3, -0.25) is 9.59 Å². The number of amides is 2. The first-order valence-corrected chi connectivity index (χ1v) is 8.70. The number of hydrogen-bond acceptors (Lipinski definition) is 4. The number of benzene rings is 2. The standard InChI is InChI=1S/C21H22N2O4/c1-13-8-9-15-14(2)20(27-18(15)12-13)21(25)22-11-10-19(24)23-16-6-4-5-7-17(16)26-3/h4-9,12H,10-11H2,1-3H3,(H,22,25)(H,23,24). The first-order chi connectivity index (χ1) is 13.0. The molecule has 0 spiro atoms. The van der Waals surface area contributed by atoms with E-state index >= 15 is 0 Å². The van der Waals surface area contributed by atoms with Crippen LogP contribution in [-0.2, 0) is 4.79 Å². The molecule has 0 unspecified atom stereocenters. The van der Waals surface area contributed by atoms with Crippen LogP contribution in [0.25, 0.3) is 11.0 Å². The van der Waals surface area contributed by atoms with Crippen molar-refractivity contribution < 1.29 is 18.7 Å². The van der Waals surface area contributed by atoms with Crippen molar-refractivity contribution in [2.45, 2.75) is 20.3 Å². The van der Waals surface area contributed by atoms with E-state index in [9.17, 15) is 9.59 Å². The number of nitrogens with one attached hydrogen (secondary N) is 2. The smallest absolute Gasteiger partial charge is 0.287 e. The predicted octanol–water partition coefficient (Wildman–Crippen LogP) is 3.82. The lowest BCUT2D eigenvalue weighted by Crippen LogP contribution is -2.27. The Labute approximate surface area is 157 Å². The van der Waals surface area contributed by atoms with Crippen molar-refractivity contribution in [3.63, 3.8) is 0 Å². The topological polar surface area (TPSA) is 80.6 Å². The van der Waals surface area contributed by atoms with Gasteiger partial charge in [0.1, 0.15) is 11.3 Å². The molecule has 0 aliphatic rings. The molecule has 6 nitrogen and oxygen atoms in total. The Morgan fingerprint density at radius 1 is 1.11 bits per heavy atom. The second-order valence-electron chi connectivity index (χ2n) is 6.31. The van der Waals surface area contributed by atoms with Crippen LogP contribution in [0.2, 0.25) is 0 Å². The minimum atomic E-state index is -0.327. The Morgan fingerprint density at radius 2 is 1.89 bits per heavy atom. The largest absolute Gasteiger partial charge is 0.495 e. The summed E-state index contributed by atoms with van der Waals surface area (Å²) in [5.74, 6) is 0.326. The zero-order valence-electron chi connectivity index (χ0n) is 15.6. The van der Waals surface area contributed by atoms with E-state index in [2.05, 4.69) is 10.6 Å². The van der Waals surface area contributed by atoms with Crippen LogP contribution in [-0.4, -0.2) is 25.5 Å². The molecule has 0 aliphatic heterocycles. The summed E-state index contributed by atoms with van der Waals surface area (Å²) < 4.78 is 10.9. The van der Waals surface area contributed by atoms with Crippen molar-refractivity contribution in [3.05, 3.63) is 59.4 Å². The monoisotopic (exact) mass is 366 g/mol. The molecular formula is C21H22N2O4. The van der Waals surface area contributed by atoms with E-state index in [0.29, 0.717) is 17.0 Å². The molecule has 1 heterocycles. The Hall–Kier alpha value is -3.28. The fraction of sp³-hybridized carbons (Fsp3) is 0.238. The average molecular weight is 366 g/mol. The molecular weight excluding hydrogens is 344 g/mol. The van der Waals surface area contributed by atoms with Gasteiger partial charge in [-0.2, -0.15) is 0 Å². The Morgan fingerprint density at radius 3 is 2.67 bits per heavy atom. The average Bonchev–Trinajstić information content (AvgIpc) is 2.98. The van der Waals surface area contributed by atoms with Gasteiger partial charge in [0.05, 0.1) is 12.8 Å². The zero-order valence-corrected chi connectivity index (χ0v) is 15.6. The highest BCUT2D eigenvalue weighted by molar-refractivity contribution is 5.99. The Balaban J connectivity index is 1.58. The van der Waals surface area contributed by atoms with E-state index < -0.39 is 0 Å². The number of para-hydroxylation sites is 2. The van der Waals surface area contributed by atoms with E-state index in [1.807, 2.05) is 44.2 Å². The zero-order chi connectivity index (χ0) is 19.4. The number of fused-ring (bicyclic) bond motifs is 1. The lowest BCUT2D eigenvalue weighted by atomic mass is 10.1. The highest BCUT2D eigenvalue weighted by atomic mass is 16.5. The third-order valence-corrected chi connectivity index (χ3v) is 4.32. The van der Waals surface area contributed by atoms with Crippen LogP contribution in [0.4, 0.5) is 5.69 Å². The van der Waals surface area contributed by atoms with Gasteiger partial charge in [0, 0.05) is 23.9 Å². The quantitative estimate of drug-likeness (QED) is 0.695. The summed E-state index contributed by atoms with van der Waals surface area (Å²) in [6.45, 7) is 4.02. The molecule has 2 aromatic carbocycles. The molecule has 2 amide bonds. The van der Waals surface area contributed by atoms with Crippen molar-refractivity contribution in [1.82, 2.24) is 5.32 Å². The molecule has 0 atom stereocenters. The molecule has 1 aromatic heterocycles. The Kier molecular flexibility index (Phi) is 5.45. The number of aryl methyl sites for hydroxylation is 2. The second-order valence-corrected chi connectivity index (χ2v) is 6.31. The number of ether oxygens (including phenoxy) is 1. The number of carbonyl (C=O) groups excluding carboxylic acids is 2. The molecule has 0 fully saturated rings. The summed E-state index contributed by atoms with van der Waals surface area (Å²) in [6, 6.07) is 13.0. The molecule has 3 aromatic rings. The maximum absolute atomic E-state index is 12.4. The Bertz CT molecular complexity index is 991. The number of hydrogen-bond donors (Lipinski definition) is 2. The summed E-state index contributed by atoms with van der Waals surface area (Å²) in [7, 11) is 1.54. The minimum Gasteiger partial charge on any atom is -0.495 e. The molecule has 2 N–H and O–H groups in total. The van der Waals surface area contributed by atoms with Gasteiger partial charge in [-0.15, -0.1) is 0 Å². The summed E-state index contributed by atoms with van der Waals surface area (Å²) >= 11 is 0. The maximum atomic E-state index is 12.4. The van der Waals surface area contributed by atoms with Gasteiger partial charge in [0.2, 0.25) is 5.91 Å². The number of methoxy groups -OCH3 is 1. The number of carbonyl (C=O) groups is 2. The number of furan rings is 1. The van der Waals surface area contributed by atoms with Crippen LogP contribution < -0.4 is 15.4 Å². The molecule has 0 saturated carbocycles. The van der Waals surface area contributed by atoms with Crippen LogP contribution in [0.1, 0.15) is 28.1 Å². The normalized spacial score (nSPS) is 10.6. The van der Waals surface area contributed by atoms with Crippen molar-refractivity contribution in [2.75, 3.05) is 19.0 Å². The molecule has 0 aliphatic carbocycles. The first-order valence-electron chi connectivity index (χ1n) is 8.70. The second kappa shape index (κ2) is 7.95. The summed E-state index contributed by atoms with van der Waals surface area (Å²) in [4.78, 5) is 24.5. The molecule has 27 heavy (non-hydrogen) atoms. The highest BCUT2D eigenvalue weighted by Crippen LogP contribution is 2.26. The fourth-order valence-corrected chi connectivity index (χ4v) is 2.88. The number of anilines is 1. The van der Waals surface area contributed by atoms with Gasteiger partial charge in [-0.1, -0.05) is 24.3 Å². The molecule has 0 bridgehead atoms. The van der Waals surface area contributed by atoms with Gasteiger partial charge in [0.15, 0.2) is 5.76 Å². The predicted molar refractivity (Wildman–Crippen MR) is 104 cm³/mol. The summed E-state index contributed by atoms with van der Waals surface area (Å²) in [5.41, 5.74) is 3.14. The summed E-state index contributed by atoms with van der Waals surface area (Å²) in [6.07, 6.45) is 0.141. The maximum Gasteiger partial charge on any atom is 0.287 e. The number of rotatable bonds is 6. The van der Waals surface area contributed by atoms with Crippen molar-refractivity contribution >= 4 is 28.5 Å². The van der Waals surface area contributed by atoms with E-state index in [1.165, 1.54) is 0 Å². The minimum absolute atomic E-state index is 0.141. The van der Waals surface area contributed by atoms with Gasteiger partial charge >= 0.3 is 0 Å². The molecule has 0 radical (unpaired) electrons. The highest BCUT2D eigenvalue weighted by Gasteiger charge is 2.17. The van der Waals surface area contributed by atoms with E-state index in [1.54, 1.807) is 19.2 Å². The van der Waals surface area contributed by atoms with Gasteiger partial charge in [-0.05, 0) is 37.6 Å². The van der Waals surface area contributed by atoms with Crippen LogP contribution in [0.5, 0.6) is 5.75 Å². The van der Waals surface area contributed by atoms with Crippen LogP contribution in [0.3, 0.4) is 0 Å². The van der Waals surface area contributed by atoms with Crippen LogP contribution in [0, 0.1) is 13.8 Å². The third kappa shape index (κ3) is 4.11.